The maximum absolute atomic E-state index is 6.03. The first-order chi connectivity index (χ1) is 9.74. The van der Waals surface area contributed by atoms with E-state index in [0.29, 0.717) is 0 Å². The summed E-state index contributed by atoms with van der Waals surface area (Å²) in [4.78, 5) is 8.60. The molecule has 0 amide bonds. The maximum Gasteiger partial charge on any atom is 0.137 e. The summed E-state index contributed by atoms with van der Waals surface area (Å²) in [5.74, 6) is 0.836. The number of benzene rings is 2. The minimum atomic E-state index is 0.118. The van der Waals surface area contributed by atoms with E-state index in [1.54, 1.807) is 6.33 Å². The smallest absolute Gasteiger partial charge is 0.137 e. The lowest BCUT2D eigenvalue weighted by Gasteiger charge is -2.16. The van der Waals surface area contributed by atoms with Gasteiger partial charge in [0.05, 0.1) is 11.6 Å². The summed E-state index contributed by atoms with van der Waals surface area (Å²) < 4.78 is 0. The Labute approximate surface area is 122 Å². The lowest BCUT2D eigenvalue weighted by Crippen LogP contribution is -2.08. The minimum absolute atomic E-state index is 0.118. The van der Waals surface area contributed by atoms with Gasteiger partial charge in [-0.05, 0) is 36.8 Å². The first-order valence-corrected chi connectivity index (χ1v) is 6.83. The third-order valence-corrected chi connectivity index (χ3v) is 3.48. The second-order valence-corrected chi connectivity index (χ2v) is 5.10. The fraction of sp³-hybridized carbons (Fsp3) is 0.125. The molecule has 20 heavy (non-hydrogen) atoms. The number of rotatable bonds is 3. The van der Waals surface area contributed by atoms with Crippen LogP contribution in [0.25, 0.3) is 10.9 Å². The van der Waals surface area contributed by atoms with Crippen molar-refractivity contribution in [1.29, 1.82) is 0 Å². The highest BCUT2D eigenvalue weighted by Gasteiger charge is 2.09. The molecular weight excluding hydrogens is 270 g/mol. The van der Waals surface area contributed by atoms with Gasteiger partial charge in [-0.1, -0.05) is 35.9 Å². The highest BCUT2D eigenvalue weighted by atomic mass is 35.5. The van der Waals surface area contributed by atoms with E-state index in [4.69, 9.17) is 11.6 Å². The van der Waals surface area contributed by atoms with Gasteiger partial charge in [0, 0.05) is 10.4 Å². The quantitative estimate of drug-likeness (QED) is 0.771. The Morgan fingerprint density at radius 1 is 1.05 bits per heavy atom. The molecule has 100 valence electrons. The molecule has 1 atom stereocenters. The average molecular weight is 284 g/mol. The lowest BCUT2D eigenvalue weighted by atomic mass is 10.1. The predicted octanol–water partition coefficient (Wildman–Crippen LogP) is 4.46. The number of halogens is 1. The average Bonchev–Trinajstić information content (AvgIpc) is 2.47. The molecule has 0 aliphatic carbocycles. The van der Waals surface area contributed by atoms with Gasteiger partial charge in [0.15, 0.2) is 0 Å². The zero-order valence-electron chi connectivity index (χ0n) is 11.0. The fourth-order valence-corrected chi connectivity index (χ4v) is 2.38. The molecule has 0 unspecified atom stereocenters. The number of para-hydroxylation sites is 1. The van der Waals surface area contributed by atoms with Crippen LogP contribution in [0.15, 0.2) is 54.9 Å². The van der Waals surface area contributed by atoms with Gasteiger partial charge < -0.3 is 5.32 Å². The van der Waals surface area contributed by atoms with E-state index in [1.807, 2.05) is 48.5 Å². The van der Waals surface area contributed by atoms with Gasteiger partial charge >= 0.3 is 0 Å². The molecule has 0 saturated heterocycles. The SMILES string of the molecule is C[C@@H](Nc1ncnc2ccccc12)c1cccc(Cl)c1. The van der Waals surface area contributed by atoms with Crippen LogP contribution in [-0.2, 0) is 0 Å². The molecule has 3 nitrogen and oxygen atoms in total. The van der Waals surface area contributed by atoms with Crippen molar-refractivity contribution in [3.63, 3.8) is 0 Å². The Morgan fingerprint density at radius 3 is 2.75 bits per heavy atom. The van der Waals surface area contributed by atoms with Crippen LogP contribution in [0.2, 0.25) is 5.02 Å². The lowest BCUT2D eigenvalue weighted by molar-refractivity contribution is 0.876. The summed E-state index contributed by atoms with van der Waals surface area (Å²) in [5.41, 5.74) is 2.06. The largest absolute Gasteiger partial charge is 0.363 e. The Hall–Kier alpha value is -2.13. The third-order valence-electron chi connectivity index (χ3n) is 3.24. The summed E-state index contributed by atoms with van der Waals surface area (Å²) >= 11 is 6.03. The monoisotopic (exact) mass is 283 g/mol. The summed E-state index contributed by atoms with van der Waals surface area (Å²) in [6, 6.07) is 15.9. The molecular formula is C16H14ClN3. The van der Waals surface area contributed by atoms with E-state index in [9.17, 15) is 0 Å². The highest BCUT2D eigenvalue weighted by Crippen LogP contribution is 2.24. The highest BCUT2D eigenvalue weighted by molar-refractivity contribution is 6.30. The molecule has 3 rings (SSSR count). The van der Waals surface area contributed by atoms with Crippen molar-refractivity contribution in [2.75, 3.05) is 5.32 Å². The molecule has 0 saturated carbocycles. The first-order valence-electron chi connectivity index (χ1n) is 6.46. The van der Waals surface area contributed by atoms with Gasteiger partial charge in [0.2, 0.25) is 0 Å². The summed E-state index contributed by atoms with van der Waals surface area (Å²) in [7, 11) is 0. The van der Waals surface area contributed by atoms with E-state index in [2.05, 4.69) is 22.2 Å². The molecule has 0 radical (unpaired) electrons. The number of hydrogen-bond acceptors (Lipinski definition) is 3. The number of hydrogen-bond donors (Lipinski definition) is 1. The Kier molecular flexibility index (Phi) is 3.52. The van der Waals surface area contributed by atoms with Gasteiger partial charge in [-0.25, -0.2) is 9.97 Å². The first kappa shape index (κ1) is 12.9. The van der Waals surface area contributed by atoms with Crippen molar-refractivity contribution in [2.24, 2.45) is 0 Å². The van der Waals surface area contributed by atoms with E-state index < -0.39 is 0 Å². The number of anilines is 1. The number of nitrogens with one attached hydrogen (secondary N) is 1. The molecule has 0 fully saturated rings. The third kappa shape index (κ3) is 2.58. The van der Waals surface area contributed by atoms with Crippen LogP contribution in [0, 0.1) is 0 Å². The van der Waals surface area contributed by atoms with Gasteiger partial charge in [0.1, 0.15) is 12.1 Å². The Balaban J connectivity index is 1.93. The Bertz CT molecular complexity index is 737. The van der Waals surface area contributed by atoms with Crippen molar-refractivity contribution >= 4 is 28.3 Å². The topological polar surface area (TPSA) is 37.8 Å². The van der Waals surface area contributed by atoms with Crippen molar-refractivity contribution in [2.45, 2.75) is 13.0 Å². The molecule has 0 aliphatic rings. The minimum Gasteiger partial charge on any atom is -0.363 e. The summed E-state index contributed by atoms with van der Waals surface area (Å²) in [5, 5.41) is 5.18. The van der Waals surface area contributed by atoms with Crippen molar-refractivity contribution < 1.29 is 0 Å². The van der Waals surface area contributed by atoms with Crippen LogP contribution in [0.5, 0.6) is 0 Å². The summed E-state index contributed by atoms with van der Waals surface area (Å²) in [6.45, 7) is 2.09. The number of aromatic nitrogens is 2. The van der Waals surface area contributed by atoms with Crippen LogP contribution >= 0.6 is 11.6 Å². The molecule has 2 aromatic carbocycles. The van der Waals surface area contributed by atoms with E-state index in [0.717, 1.165) is 27.3 Å². The van der Waals surface area contributed by atoms with Crippen molar-refractivity contribution in [3.05, 3.63) is 65.4 Å². The predicted molar refractivity (Wildman–Crippen MR) is 83.0 cm³/mol. The van der Waals surface area contributed by atoms with E-state index in [-0.39, 0.29) is 6.04 Å². The molecule has 0 spiro atoms. The molecule has 3 aromatic rings. The second kappa shape index (κ2) is 5.47. The van der Waals surface area contributed by atoms with E-state index >= 15 is 0 Å². The van der Waals surface area contributed by atoms with Gasteiger partial charge in [0.25, 0.3) is 0 Å². The van der Waals surface area contributed by atoms with Gasteiger partial charge in [-0.3, -0.25) is 0 Å². The van der Waals surface area contributed by atoms with Crippen molar-refractivity contribution in [1.82, 2.24) is 9.97 Å². The summed E-state index contributed by atoms with van der Waals surface area (Å²) in [6.07, 6.45) is 1.58. The van der Waals surface area contributed by atoms with E-state index in [1.165, 1.54) is 0 Å². The molecule has 0 bridgehead atoms. The number of fused-ring (bicyclic) bond motifs is 1. The second-order valence-electron chi connectivity index (χ2n) is 4.66. The number of nitrogens with zero attached hydrogens (tertiary/aromatic N) is 2. The molecule has 4 heteroatoms. The zero-order valence-corrected chi connectivity index (χ0v) is 11.8. The molecule has 0 aliphatic heterocycles. The van der Waals surface area contributed by atoms with Gasteiger partial charge in [-0.2, -0.15) is 0 Å². The maximum atomic E-state index is 6.03. The Morgan fingerprint density at radius 2 is 1.90 bits per heavy atom. The normalized spacial score (nSPS) is 12.3. The molecule has 1 N–H and O–H groups in total. The van der Waals surface area contributed by atoms with Crippen LogP contribution in [-0.4, -0.2) is 9.97 Å². The van der Waals surface area contributed by atoms with Crippen LogP contribution < -0.4 is 5.32 Å². The van der Waals surface area contributed by atoms with Gasteiger partial charge in [-0.15, -0.1) is 0 Å². The zero-order chi connectivity index (χ0) is 13.9. The fourth-order valence-electron chi connectivity index (χ4n) is 2.18. The van der Waals surface area contributed by atoms with Crippen LogP contribution in [0.1, 0.15) is 18.5 Å². The standard InChI is InChI=1S/C16H14ClN3/c1-11(12-5-4-6-13(17)9-12)20-16-14-7-2-3-8-15(14)18-10-19-16/h2-11H,1H3,(H,18,19,20)/t11-/m1/s1. The van der Waals surface area contributed by atoms with Crippen LogP contribution in [0.4, 0.5) is 5.82 Å². The van der Waals surface area contributed by atoms with Crippen LogP contribution in [0.3, 0.4) is 0 Å². The molecule has 1 heterocycles. The molecule has 1 aromatic heterocycles. The van der Waals surface area contributed by atoms with Crippen molar-refractivity contribution in [3.8, 4) is 0 Å².